The van der Waals surface area contributed by atoms with Crippen LogP contribution in [0, 0.1) is 20.2 Å². The molecule has 0 aliphatic carbocycles. The van der Waals surface area contributed by atoms with E-state index in [2.05, 4.69) is 10.5 Å². The van der Waals surface area contributed by atoms with E-state index in [9.17, 15) is 33.4 Å². The van der Waals surface area contributed by atoms with Gasteiger partial charge in [-0.05, 0) is 11.1 Å². The second-order valence-electron chi connectivity index (χ2n) is 6.73. The minimum atomic E-state index is -5.02. The zero-order chi connectivity index (χ0) is 24.9. The number of hydrazone groups is 1. The summed E-state index contributed by atoms with van der Waals surface area (Å²) in [5, 5.41) is 26.9. The van der Waals surface area contributed by atoms with Crippen molar-refractivity contribution in [2.75, 3.05) is 5.43 Å². The summed E-state index contributed by atoms with van der Waals surface area (Å²) in [5.74, 6) is 0. The van der Waals surface area contributed by atoms with Gasteiger partial charge < -0.3 is 0 Å². The lowest BCUT2D eigenvalue weighted by Crippen LogP contribution is -2.09. The van der Waals surface area contributed by atoms with Gasteiger partial charge in [0.2, 0.25) is 5.69 Å². The van der Waals surface area contributed by atoms with Crippen LogP contribution >= 0.6 is 11.6 Å². The third-order valence-corrected chi connectivity index (χ3v) is 4.96. The Bertz CT molecular complexity index is 1250. The Morgan fingerprint density at radius 2 is 1.35 bits per heavy atom. The Morgan fingerprint density at radius 3 is 1.79 bits per heavy atom. The average molecular weight is 491 g/mol. The van der Waals surface area contributed by atoms with Gasteiger partial charge in [0, 0.05) is 17.7 Å². The van der Waals surface area contributed by atoms with Crippen molar-refractivity contribution in [3.8, 4) is 0 Å². The highest BCUT2D eigenvalue weighted by Crippen LogP contribution is 2.41. The summed E-state index contributed by atoms with van der Waals surface area (Å²) in [7, 11) is 0. The summed E-state index contributed by atoms with van der Waals surface area (Å²) in [6, 6.07) is 17.8. The number of nitrogens with zero attached hydrogens (tertiary/aromatic N) is 3. The molecule has 0 saturated carbocycles. The van der Waals surface area contributed by atoms with Crippen LogP contribution in [0.15, 0.2) is 77.9 Å². The van der Waals surface area contributed by atoms with Crippen molar-refractivity contribution >= 4 is 45.5 Å². The fourth-order valence-corrected chi connectivity index (χ4v) is 3.24. The van der Waals surface area contributed by atoms with Crippen LogP contribution in [0.1, 0.15) is 16.7 Å². The summed E-state index contributed by atoms with van der Waals surface area (Å²) in [5.41, 5.74) is -0.892. The molecule has 0 heterocycles. The molecular weight excluding hydrogens is 477 g/mol. The van der Waals surface area contributed by atoms with Crippen LogP contribution in [0.25, 0.3) is 10.6 Å². The number of nitrogens with one attached hydrogen (secondary N) is 1. The van der Waals surface area contributed by atoms with Gasteiger partial charge in [-0.3, -0.25) is 25.7 Å². The number of halogens is 4. The summed E-state index contributed by atoms with van der Waals surface area (Å²) in [4.78, 5) is 20.4. The number of hydrogen-bond donors (Lipinski definition) is 1. The van der Waals surface area contributed by atoms with Crippen molar-refractivity contribution in [3.63, 3.8) is 0 Å². The summed E-state index contributed by atoms with van der Waals surface area (Å²) >= 11 is 6.54. The highest BCUT2D eigenvalue weighted by Gasteiger charge is 2.37. The molecule has 3 aromatic rings. The first-order valence-electron chi connectivity index (χ1n) is 9.43. The van der Waals surface area contributed by atoms with E-state index in [-0.39, 0.29) is 17.2 Å². The van der Waals surface area contributed by atoms with E-state index in [1.807, 2.05) is 0 Å². The average Bonchev–Trinajstić information content (AvgIpc) is 2.81. The first kappa shape index (κ1) is 24.4. The maximum atomic E-state index is 13.1. The molecule has 174 valence electrons. The number of anilines is 1. The van der Waals surface area contributed by atoms with E-state index in [1.165, 1.54) is 6.21 Å². The Morgan fingerprint density at radius 1 is 0.882 bits per heavy atom. The molecule has 0 spiro atoms. The van der Waals surface area contributed by atoms with Crippen LogP contribution in [0.2, 0.25) is 0 Å². The molecule has 0 atom stereocenters. The Kier molecular flexibility index (Phi) is 7.27. The first-order chi connectivity index (χ1) is 16.1. The second kappa shape index (κ2) is 10.1. The van der Waals surface area contributed by atoms with Crippen molar-refractivity contribution < 1.29 is 23.0 Å². The SMILES string of the molecule is O=[N+]([O-])c1cc(C(F)(F)F)cc([N+](=O)[O-])c1N/N=C\C(=C(Cl)c1ccccc1)c1ccccc1. The quantitative estimate of drug-likeness (QED) is 0.171. The Hall–Kier alpha value is -4.25. The van der Waals surface area contributed by atoms with E-state index in [0.717, 1.165) is 0 Å². The molecule has 34 heavy (non-hydrogen) atoms. The van der Waals surface area contributed by atoms with E-state index in [4.69, 9.17) is 11.6 Å². The molecule has 0 radical (unpaired) electrons. The van der Waals surface area contributed by atoms with Crippen molar-refractivity contribution in [2.24, 2.45) is 5.10 Å². The molecule has 0 amide bonds. The zero-order valence-electron chi connectivity index (χ0n) is 17.0. The molecule has 0 aliphatic rings. The van der Waals surface area contributed by atoms with Gasteiger partial charge in [0.05, 0.1) is 26.7 Å². The zero-order valence-corrected chi connectivity index (χ0v) is 17.7. The number of hydrogen-bond acceptors (Lipinski definition) is 6. The lowest BCUT2D eigenvalue weighted by atomic mass is 10.0. The largest absolute Gasteiger partial charge is 0.416 e. The smallest absolute Gasteiger partial charge is 0.266 e. The molecule has 0 saturated heterocycles. The van der Waals surface area contributed by atoms with Gasteiger partial charge in [0.15, 0.2) is 0 Å². The fraction of sp³-hybridized carbons (Fsp3) is 0.0455. The lowest BCUT2D eigenvalue weighted by Gasteiger charge is -2.10. The Labute approximate surface area is 195 Å². The molecule has 0 bridgehead atoms. The minimum Gasteiger partial charge on any atom is -0.266 e. The standard InChI is InChI=1S/C22H14ClF3N4O4/c23-20(15-9-5-2-6-10-15)17(14-7-3-1-4-8-14)13-27-28-21-18(29(31)32)11-16(22(24,25)26)12-19(21)30(33)34/h1-13,28H/b20-17?,27-13-. The highest BCUT2D eigenvalue weighted by molar-refractivity contribution is 6.56. The van der Waals surface area contributed by atoms with Gasteiger partial charge in [-0.25, -0.2) is 0 Å². The predicted octanol–water partition coefficient (Wildman–Crippen LogP) is 6.73. The van der Waals surface area contributed by atoms with Gasteiger partial charge >= 0.3 is 17.6 Å². The monoisotopic (exact) mass is 490 g/mol. The van der Waals surface area contributed by atoms with Gasteiger partial charge in [0.25, 0.3) is 0 Å². The van der Waals surface area contributed by atoms with E-state index in [0.29, 0.717) is 16.7 Å². The maximum Gasteiger partial charge on any atom is 0.416 e. The molecule has 3 aromatic carbocycles. The molecular formula is C22H14ClF3N4O4. The molecule has 8 nitrogen and oxygen atoms in total. The summed E-state index contributed by atoms with van der Waals surface area (Å²) in [6.07, 6.45) is -3.85. The minimum absolute atomic E-state index is 0.204. The molecule has 12 heteroatoms. The van der Waals surface area contributed by atoms with Crippen LogP contribution in [0.5, 0.6) is 0 Å². The molecule has 3 rings (SSSR count). The van der Waals surface area contributed by atoms with Crippen LogP contribution in [0.4, 0.5) is 30.2 Å². The van der Waals surface area contributed by atoms with Crippen LogP contribution < -0.4 is 5.43 Å². The third kappa shape index (κ3) is 5.56. The Balaban J connectivity index is 2.10. The van der Waals surface area contributed by atoms with E-state index in [1.54, 1.807) is 60.7 Å². The van der Waals surface area contributed by atoms with Crippen molar-refractivity contribution in [2.45, 2.75) is 6.18 Å². The second-order valence-corrected chi connectivity index (χ2v) is 7.11. The van der Waals surface area contributed by atoms with Gasteiger partial charge in [-0.2, -0.15) is 18.3 Å². The van der Waals surface area contributed by atoms with Crippen molar-refractivity contribution in [1.82, 2.24) is 0 Å². The molecule has 0 aliphatic heterocycles. The third-order valence-electron chi connectivity index (χ3n) is 4.54. The number of allylic oxidation sites excluding steroid dienone is 1. The van der Waals surface area contributed by atoms with Crippen LogP contribution in [-0.4, -0.2) is 16.1 Å². The fourth-order valence-electron chi connectivity index (χ4n) is 2.96. The van der Waals surface area contributed by atoms with Crippen LogP contribution in [-0.2, 0) is 6.18 Å². The normalized spacial score (nSPS) is 12.4. The lowest BCUT2D eigenvalue weighted by molar-refractivity contribution is -0.392. The van der Waals surface area contributed by atoms with E-state index >= 15 is 0 Å². The number of alkyl halides is 3. The van der Waals surface area contributed by atoms with Gasteiger partial charge in [-0.15, -0.1) is 0 Å². The van der Waals surface area contributed by atoms with Crippen molar-refractivity contribution in [1.29, 1.82) is 0 Å². The summed E-state index contributed by atoms with van der Waals surface area (Å²) in [6.45, 7) is 0. The van der Waals surface area contributed by atoms with E-state index < -0.39 is 38.6 Å². The number of rotatable bonds is 7. The first-order valence-corrected chi connectivity index (χ1v) is 9.81. The van der Waals surface area contributed by atoms with Crippen LogP contribution in [0.3, 0.4) is 0 Å². The predicted molar refractivity (Wildman–Crippen MR) is 122 cm³/mol. The van der Waals surface area contributed by atoms with Crippen molar-refractivity contribution in [3.05, 3.63) is 110 Å². The highest BCUT2D eigenvalue weighted by atomic mass is 35.5. The number of nitro groups is 2. The van der Waals surface area contributed by atoms with Gasteiger partial charge in [0.1, 0.15) is 0 Å². The maximum absolute atomic E-state index is 13.1. The van der Waals surface area contributed by atoms with Gasteiger partial charge in [-0.1, -0.05) is 72.3 Å². The molecule has 0 aromatic heterocycles. The number of nitro benzene ring substituents is 2. The number of benzene rings is 3. The molecule has 0 fully saturated rings. The summed E-state index contributed by atoms with van der Waals surface area (Å²) < 4.78 is 39.3. The molecule has 1 N–H and O–H groups in total. The molecule has 0 unspecified atom stereocenters. The topological polar surface area (TPSA) is 111 Å².